The van der Waals surface area contributed by atoms with Gasteiger partial charge in [0.15, 0.2) is 6.61 Å². The molecule has 2 N–H and O–H groups in total. The van der Waals surface area contributed by atoms with Gasteiger partial charge in [0.2, 0.25) is 0 Å². The molecule has 1 amide bonds. The Morgan fingerprint density at radius 3 is 2.54 bits per heavy atom. The summed E-state index contributed by atoms with van der Waals surface area (Å²) in [4.78, 5) is 13.7. The van der Waals surface area contributed by atoms with E-state index in [2.05, 4.69) is 0 Å². The summed E-state index contributed by atoms with van der Waals surface area (Å²) in [5.41, 5.74) is 3.82. The van der Waals surface area contributed by atoms with E-state index in [1.165, 1.54) is 30.3 Å². The van der Waals surface area contributed by atoms with Gasteiger partial charge in [-0.05, 0) is 49.2 Å². The van der Waals surface area contributed by atoms with Gasteiger partial charge in [-0.25, -0.2) is 12.8 Å². The molecule has 0 atom stereocenters. The molecule has 2 aromatic rings. The highest BCUT2D eigenvalue weighted by atomic mass is 32.2. The Labute approximate surface area is 139 Å². The summed E-state index contributed by atoms with van der Waals surface area (Å²) in [6.07, 6.45) is 0. The van der Waals surface area contributed by atoms with E-state index in [1.807, 2.05) is 17.2 Å². The molecule has 0 bridgehead atoms. The van der Waals surface area contributed by atoms with Crippen LogP contribution in [0.5, 0.6) is 5.75 Å². The maximum atomic E-state index is 13.0. The molecule has 2 rings (SSSR count). The van der Waals surface area contributed by atoms with E-state index in [0.29, 0.717) is 0 Å². The van der Waals surface area contributed by atoms with Gasteiger partial charge in [-0.2, -0.15) is 0 Å². The van der Waals surface area contributed by atoms with Gasteiger partial charge in [0.25, 0.3) is 15.9 Å². The Morgan fingerprint density at radius 1 is 1.12 bits per heavy atom. The predicted molar refractivity (Wildman–Crippen MR) is 86.3 cm³/mol. The van der Waals surface area contributed by atoms with Gasteiger partial charge in [0, 0.05) is 6.07 Å². The standard InChI is InChI=1S/C16H17FN2O4S/c1-11-6-7-15(8-12(11)2)24(21,22)19-18-16(20)10-23-14-5-3-4-13(17)9-14/h3-9,19H,10H2,1-2H3,(H,18,20). The van der Waals surface area contributed by atoms with Gasteiger partial charge >= 0.3 is 0 Å². The van der Waals surface area contributed by atoms with Crippen LogP contribution in [0, 0.1) is 19.7 Å². The van der Waals surface area contributed by atoms with Crippen molar-refractivity contribution >= 4 is 15.9 Å². The normalized spacial score (nSPS) is 11.1. The zero-order chi connectivity index (χ0) is 17.7. The highest BCUT2D eigenvalue weighted by Gasteiger charge is 2.16. The summed E-state index contributed by atoms with van der Waals surface area (Å²) in [7, 11) is -3.88. The molecule has 0 aliphatic carbocycles. The van der Waals surface area contributed by atoms with Crippen LogP contribution in [0.1, 0.15) is 11.1 Å². The molecule has 0 fully saturated rings. The van der Waals surface area contributed by atoms with Crippen LogP contribution >= 0.6 is 0 Å². The predicted octanol–water partition coefficient (Wildman–Crippen LogP) is 1.83. The number of ether oxygens (including phenoxy) is 1. The van der Waals surface area contributed by atoms with Gasteiger partial charge in [-0.15, -0.1) is 4.83 Å². The van der Waals surface area contributed by atoms with Crippen LogP contribution in [0.15, 0.2) is 47.4 Å². The molecule has 0 saturated carbocycles. The molecule has 0 saturated heterocycles. The summed E-state index contributed by atoms with van der Waals surface area (Å²) in [6, 6.07) is 9.91. The van der Waals surface area contributed by atoms with Crippen LogP contribution in [-0.4, -0.2) is 20.9 Å². The van der Waals surface area contributed by atoms with E-state index < -0.39 is 28.4 Å². The molecule has 6 nitrogen and oxygen atoms in total. The number of carbonyl (C=O) groups is 1. The molecule has 0 aromatic heterocycles. The third-order valence-electron chi connectivity index (χ3n) is 3.28. The number of carbonyl (C=O) groups excluding carboxylic acids is 1. The zero-order valence-electron chi connectivity index (χ0n) is 13.2. The Bertz CT molecular complexity index is 853. The number of benzene rings is 2. The summed E-state index contributed by atoms with van der Waals surface area (Å²) in [5, 5.41) is 0. The van der Waals surface area contributed by atoms with Crippen molar-refractivity contribution in [2.45, 2.75) is 18.7 Å². The van der Waals surface area contributed by atoms with Crippen molar-refractivity contribution in [2.24, 2.45) is 0 Å². The van der Waals surface area contributed by atoms with Gasteiger partial charge in [0.05, 0.1) is 4.90 Å². The maximum Gasteiger partial charge on any atom is 0.272 e. The van der Waals surface area contributed by atoms with Crippen LogP contribution < -0.4 is 15.0 Å². The smallest absolute Gasteiger partial charge is 0.272 e. The van der Waals surface area contributed by atoms with E-state index in [4.69, 9.17) is 4.74 Å². The quantitative estimate of drug-likeness (QED) is 0.777. The number of hydrazine groups is 1. The highest BCUT2D eigenvalue weighted by Crippen LogP contribution is 2.14. The fourth-order valence-corrected chi connectivity index (χ4v) is 2.75. The van der Waals surface area contributed by atoms with Crippen molar-refractivity contribution in [3.63, 3.8) is 0 Å². The van der Waals surface area contributed by atoms with Gasteiger partial charge < -0.3 is 4.74 Å². The third kappa shape index (κ3) is 4.77. The van der Waals surface area contributed by atoms with Crippen LogP contribution in [0.25, 0.3) is 0 Å². The number of rotatable bonds is 6. The summed E-state index contributed by atoms with van der Waals surface area (Å²) in [5.74, 6) is -1.04. The van der Waals surface area contributed by atoms with E-state index in [0.717, 1.165) is 17.2 Å². The summed E-state index contributed by atoms with van der Waals surface area (Å²) in [6.45, 7) is 3.20. The molecular formula is C16H17FN2O4S. The van der Waals surface area contributed by atoms with Gasteiger partial charge in [-0.1, -0.05) is 12.1 Å². The first-order valence-corrected chi connectivity index (χ1v) is 8.52. The minimum Gasteiger partial charge on any atom is -0.484 e. The summed E-state index contributed by atoms with van der Waals surface area (Å²) >= 11 is 0. The van der Waals surface area contributed by atoms with Crippen LogP contribution in [-0.2, 0) is 14.8 Å². The second-order valence-corrected chi connectivity index (χ2v) is 6.83. The monoisotopic (exact) mass is 352 g/mol. The Balaban J connectivity index is 1.91. The van der Waals surface area contributed by atoms with Crippen LogP contribution in [0.4, 0.5) is 4.39 Å². The number of hydrogen-bond donors (Lipinski definition) is 2. The lowest BCUT2D eigenvalue weighted by atomic mass is 10.1. The topological polar surface area (TPSA) is 84.5 Å². The number of sulfonamides is 1. The Kier molecular flexibility index (Phi) is 5.53. The lowest BCUT2D eigenvalue weighted by Gasteiger charge is -2.10. The van der Waals surface area contributed by atoms with Crippen molar-refractivity contribution in [1.29, 1.82) is 0 Å². The largest absolute Gasteiger partial charge is 0.484 e. The van der Waals surface area contributed by atoms with Crippen molar-refractivity contribution < 1.29 is 22.3 Å². The van der Waals surface area contributed by atoms with Crippen molar-refractivity contribution in [3.05, 3.63) is 59.4 Å². The maximum absolute atomic E-state index is 13.0. The number of hydrogen-bond acceptors (Lipinski definition) is 4. The zero-order valence-corrected chi connectivity index (χ0v) is 14.0. The lowest BCUT2D eigenvalue weighted by molar-refractivity contribution is -0.123. The lowest BCUT2D eigenvalue weighted by Crippen LogP contribution is -2.43. The molecule has 0 heterocycles. The molecular weight excluding hydrogens is 335 g/mol. The first-order chi connectivity index (χ1) is 11.3. The molecule has 0 radical (unpaired) electrons. The fraction of sp³-hybridized carbons (Fsp3) is 0.188. The van der Waals surface area contributed by atoms with Crippen molar-refractivity contribution in [3.8, 4) is 5.75 Å². The molecule has 2 aromatic carbocycles. The first-order valence-electron chi connectivity index (χ1n) is 7.04. The SMILES string of the molecule is Cc1ccc(S(=O)(=O)NNC(=O)COc2cccc(F)c2)cc1C. The number of halogens is 1. The molecule has 24 heavy (non-hydrogen) atoms. The van der Waals surface area contributed by atoms with Crippen molar-refractivity contribution in [1.82, 2.24) is 10.3 Å². The van der Waals surface area contributed by atoms with Crippen molar-refractivity contribution in [2.75, 3.05) is 6.61 Å². The molecule has 0 unspecified atom stereocenters. The average molecular weight is 352 g/mol. The Morgan fingerprint density at radius 2 is 1.88 bits per heavy atom. The molecule has 0 aliphatic rings. The highest BCUT2D eigenvalue weighted by molar-refractivity contribution is 7.89. The van der Waals surface area contributed by atoms with Crippen LogP contribution in [0.2, 0.25) is 0 Å². The van der Waals surface area contributed by atoms with E-state index in [9.17, 15) is 17.6 Å². The third-order valence-corrected chi connectivity index (χ3v) is 4.52. The van der Waals surface area contributed by atoms with E-state index in [-0.39, 0.29) is 10.6 Å². The van der Waals surface area contributed by atoms with Gasteiger partial charge in [-0.3, -0.25) is 10.2 Å². The molecule has 8 heteroatoms. The minimum absolute atomic E-state index is 0.0388. The number of nitrogens with one attached hydrogen (secondary N) is 2. The fourth-order valence-electron chi connectivity index (χ4n) is 1.81. The molecule has 0 aliphatic heterocycles. The molecule has 128 valence electrons. The van der Waals surface area contributed by atoms with Crippen LogP contribution in [0.3, 0.4) is 0 Å². The van der Waals surface area contributed by atoms with E-state index >= 15 is 0 Å². The number of amides is 1. The second kappa shape index (κ2) is 7.41. The number of aryl methyl sites for hydroxylation is 2. The minimum atomic E-state index is -3.88. The first kappa shape index (κ1) is 17.9. The average Bonchev–Trinajstić information content (AvgIpc) is 2.53. The van der Waals surface area contributed by atoms with Gasteiger partial charge in [0.1, 0.15) is 11.6 Å². The second-order valence-electron chi connectivity index (χ2n) is 5.15. The van der Waals surface area contributed by atoms with E-state index in [1.54, 1.807) is 13.0 Å². The molecule has 0 spiro atoms. The Hall–Kier alpha value is -2.45. The summed E-state index contributed by atoms with van der Waals surface area (Å²) < 4.78 is 42.2.